The van der Waals surface area contributed by atoms with E-state index < -0.39 is 10.0 Å². The fraction of sp³-hybridized carbons (Fsp3) is 0.188. The number of carbonyl (C=O) groups is 1. The maximum absolute atomic E-state index is 12.7. The van der Waals surface area contributed by atoms with Gasteiger partial charge in [0.2, 0.25) is 5.91 Å². The van der Waals surface area contributed by atoms with E-state index in [1.807, 2.05) is 0 Å². The molecule has 2 rings (SSSR count). The highest BCUT2D eigenvalue weighted by molar-refractivity contribution is 7.92. The summed E-state index contributed by atoms with van der Waals surface area (Å²) in [4.78, 5) is 12.9. The molecule has 2 aromatic carbocycles. The number of halogens is 1. The third-order valence-corrected chi connectivity index (χ3v) is 5.02. The van der Waals surface area contributed by atoms with Gasteiger partial charge in [-0.3, -0.25) is 9.52 Å². The summed E-state index contributed by atoms with van der Waals surface area (Å²) in [6.45, 7) is 1.39. The molecule has 0 radical (unpaired) electrons. The van der Waals surface area contributed by atoms with Crippen LogP contribution >= 0.6 is 11.6 Å². The molecule has 1 N–H and O–H groups in total. The molecule has 24 heavy (non-hydrogen) atoms. The lowest BCUT2D eigenvalue weighted by Crippen LogP contribution is -2.25. The van der Waals surface area contributed by atoms with Crippen LogP contribution in [0.5, 0.6) is 5.75 Å². The van der Waals surface area contributed by atoms with E-state index in [1.54, 1.807) is 31.3 Å². The molecule has 0 aliphatic heterocycles. The third-order valence-electron chi connectivity index (χ3n) is 3.40. The van der Waals surface area contributed by atoms with Gasteiger partial charge in [-0.05, 0) is 30.3 Å². The predicted molar refractivity (Wildman–Crippen MR) is 94.3 cm³/mol. The monoisotopic (exact) mass is 368 g/mol. The summed E-state index contributed by atoms with van der Waals surface area (Å²) in [6.07, 6.45) is 0. The van der Waals surface area contributed by atoms with Gasteiger partial charge in [0, 0.05) is 19.0 Å². The fourth-order valence-corrected chi connectivity index (χ4v) is 3.59. The van der Waals surface area contributed by atoms with Gasteiger partial charge in [-0.25, -0.2) is 8.42 Å². The minimum Gasteiger partial charge on any atom is -0.495 e. The molecule has 2 aromatic rings. The van der Waals surface area contributed by atoms with E-state index in [2.05, 4.69) is 4.72 Å². The lowest BCUT2D eigenvalue weighted by molar-refractivity contribution is -0.116. The second-order valence-corrected chi connectivity index (χ2v) is 7.08. The average molecular weight is 369 g/mol. The Bertz CT molecular complexity index is 868. The molecule has 0 aromatic heterocycles. The summed E-state index contributed by atoms with van der Waals surface area (Å²) in [7, 11) is -1.02. The Labute approximate surface area is 146 Å². The van der Waals surface area contributed by atoms with Crippen molar-refractivity contribution in [2.45, 2.75) is 11.8 Å². The highest BCUT2D eigenvalue weighted by Crippen LogP contribution is 2.31. The SMILES string of the molecule is COc1ccc(Cl)cc1S(=O)(=O)Nc1ccccc1N(C)C(C)=O. The largest absolute Gasteiger partial charge is 0.495 e. The van der Waals surface area contributed by atoms with Gasteiger partial charge in [-0.2, -0.15) is 0 Å². The summed E-state index contributed by atoms with van der Waals surface area (Å²) in [5.41, 5.74) is 0.715. The number of para-hydroxylation sites is 2. The van der Waals surface area contributed by atoms with Gasteiger partial charge in [0.1, 0.15) is 10.6 Å². The summed E-state index contributed by atoms with van der Waals surface area (Å²) < 4.78 is 33.0. The number of rotatable bonds is 5. The van der Waals surface area contributed by atoms with Gasteiger partial charge in [-0.15, -0.1) is 0 Å². The zero-order chi connectivity index (χ0) is 17.9. The van der Waals surface area contributed by atoms with E-state index in [9.17, 15) is 13.2 Å². The molecule has 0 saturated carbocycles. The number of methoxy groups -OCH3 is 1. The minimum absolute atomic E-state index is 0.0854. The van der Waals surface area contributed by atoms with Crippen molar-refractivity contribution in [1.29, 1.82) is 0 Å². The molecule has 8 heteroatoms. The highest BCUT2D eigenvalue weighted by atomic mass is 35.5. The number of hydrogen-bond acceptors (Lipinski definition) is 4. The molecule has 0 aliphatic carbocycles. The lowest BCUT2D eigenvalue weighted by Gasteiger charge is -2.20. The molecule has 0 spiro atoms. The molecular weight excluding hydrogens is 352 g/mol. The zero-order valence-electron chi connectivity index (χ0n) is 13.4. The van der Waals surface area contributed by atoms with E-state index >= 15 is 0 Å². The Morgan fingerprint density at radius 2 is 1.88 bits per heavy atom. The predicted octanol–water partition coefficient (Wildman–Crippen LogP) is 3.13. The number of sulfonamides is 1. The van der Waals surface area contributed by atoms with Crippen LogP contribution in [0, 0.1) is 0 Å². The van der Waals surface area contributed by atoms with E-state index in [-0.39, 0.29) is 27.3 Å². The Balaban J connectivity index is 2.48. The van der Waals surface area contributed by atoms with Crippen molar-refractivity contribution in [2.24, 2.45) is 0 Å². The van der Waals surface area contributed by atoms with Crippen molar-refractivity contribution < 1.29 is 17.9 Å². The van der Waals surface area contributed by atoms with Crippen LogP contribution in [-0.4, -0.2) is 28.5 Å². The maximum Gasteiger partial charge on any atom is 0.265 e. The number of benzene rings is 2. The molecule has 0 bridgehead atoms. The molecule has 0 unspecified atom stereocenters. The van der Waals surface area contributed by atoms with Gasteiger partial charge in [0.15, 0.2) is 0 Å². The first-order valence-corrected chi connectivity index (χ1v) is 8.82. The van der Waals surface area contributed by atoms with Crippen LogP contribution in [0.1, 0.15) is 6.92 Å². The number of amides is 1. The van der Waals surface area contributed by atoms with Gasteiger partial charge < -0.3 is 9.64 Å². The molecule has 0 fully saturated rings. The van der Waals surface area contributed by atoms with Gasteiger partial charge >= 0.3 is 0 Å². The minimum atomic E-state index is -3.96. The van der Waals surface area contributed by atoms with Crippen molar-refractivity contribution in [3.63, 3.8) is 0 Å². The summed E-state index contributed by atoms with van der Waals surface area (Å²) >= 11 is 5.91. The molecular formula is C16H17ClN2O4S. The van der Waals surface area contributed by atoms with Crippen molar-refractivity contribution in [3.8, 4) is 5.75 Å². The molecule has 6 nitrogen and oxygen atoms in total. The van der Waals surface area contributed by atoms with Gasteiger partial charge in [0.05, 0.1) is 18.5 Å². The Morgan fingerprint density at radius 1 is 1.21 bits per heavy atom. The normalized spacial score (nSPS) is 11.0. The second kappa shape index (κ2) is 7.11. The first kappa shape index (κ1) is 18.1. The van der Waals surface area contributed by atoms with Crippen LogP contribution in [0.15, 0.2) is 47.4 Å². The Hall–Kier alpha value is -2.25. The zero-order valence-corrected chi connectivity index (χ0v) is 15.0. The molecule has 1 amide bonds. The molecule has 128 valence electrons. The fourth-order valence-electron chi connectivity index (χ4n) is 2.08. The van der Waals surface area contributed by atoms with E-state index in [1.165, 1.54) is 37.1 Å². The van der Waals surface area contributed by atoms with E-state index in [4.69, 9.17) is 16.3 Å². The second-order valence-electron chi connectivity index (χ2n) is 5.00. The summed E-state index contributed by atoms with van der Waals surface area (Å²) in [5, 5.41) is 0.269. The number of nitrogens with one attached hydrogen (secondary N) is 1. The van der Waals surface area contributed by atoms with Crippen molar-refractivity contribution in [3.05, 3.63) is 47.5 Å². The Morgan fingerprint density at radius 3 is 2.50 bits per heavy atom. The van der Waals surface area contributed by atoms with E-state index in [0.29, 0.717) is 5.69 Å². The average Bonchev–Trinajstić information content (AvgIpc) is 2.54. The van der Waals surface area contributed by atoms with Crippen LogP contribution < -0.4 is 14.4 Å². The summed E-state index contributed by atoms with van der Waals surface area (Å²) in [5.74, 6) is -0.0497. The quantitative estimate of drug-likeness (QED) is 0.879. The van der Waals surface area contributed by atoms with Crippen LogP contribution in [0.3, 0.4) is 0 Å². The van der Waals surface area contributed by atoms with Crippen molar-refractivity contribution in [2.75, 3.05) is 23.8 Å². The van der Waals surface area contributed by atoms with E-state index in [0.717, 1.165) is 0 Å². The van der Waals surface area contributed by atoms with Crippen LogP contribution in [0.25, 0.3) is 0 Å². The molecule has 0 atom stereocenters. The van der Waals surface area contributed by atoms with Crippen LogP contribution in [0.2, 0.25) is 5.02 Å². The topological polar surface area (TPSA) is 75.7 Å². The van der Waals surface area contributed by atoms with Crippen molar-refractivity contribution >= 4 is 38.9 Å². The smallest absolute Gasteiger partial charge is 0.265 e. The molecule has 0 aliphatic rings. The number of hydrogen-bond donors (Lipinski definition) is 1. The van der Waals surface area contributed by atoms with Crippen LogP contribution in [-0.2, 0) is 14.8 Å². The van der Waals surface area contributed by atoms with Gasteiger partial charge in [-0.1, -0.05) is 23.7 Å². The first-order valence-electron chi connectivity index (χ1n) is 6.96. The number of ether oxygens (including phenoxy) is 1. The number of anilines is 2. The summed E-state index contributed by atoms with van der Waals surface area (Å²) in [6, 6.07) is 10.9. The maximum atomic E-state index is 12.7. The Kier molecular flexibility index (Phi) is 5.36. The van der Waals surface area contributed by atoms with Gasteiger partial charge in [0.25, 0.3) is 10.0 Å². The highest BCUT2D eigenvalue weighted by Gasteiger charge is 2.22. The standard InChI is InChI=1S/C16H17ClN2O4S/c1-11(20)19(2)14-7-5-4-6-13(14)18-24(21,22)16-10-12(17)8-9-15(16)23-3/h4-10,18H,1-3H3. The molecule has 0 saturated heterocycles. The third kappa shape index (κ3) is 3.80. The van der Waals surface area contributed by atoms with Crippen molar-refractivity contribution in [1.82, 2.24) is 0 Å². The van der Waals surface area contributed by atoms with Crippen LogP contribution in [0.4, 0.5) is 11.4 Å². The number of nitrogens with zero attached hydrogens (tertiary/aromatic N) is 1. The lowest BCUT2D eigenvalue weighted by atomic mass is 10.2. The first-order chi connectivity index (χ1) is 11.3. The number of carbonyl (C=O) groups excluding carboxylic acids is 1. The molecule has 0 heterocycles.